The second kappa shape index (κ2) is 3.96. The average Bonchev–Trinajstić information content (AvgIpc) is 1.37. The minimum absolute atomic E-state index is 0.131. The molecule has 1 radical (unpaired) electrons. The standard InChI is InChI=1S/C2H4O.Na/c1-2-3;/h1-2H2;. The van der Waals surface area contributed by atoms with Gasteiger partial charge in [-0.2, -0.15) is 0 Å². The van der Waals surface area contributed by atoms with Crippen molar-refractivity contribution in [3.05, 3.63) is 0 Å². The van der Waals surface area contributed by atoms with Crippen LogP contribution >= 0.6 is 0 Å². The Morgan fingerprint density at radius 1 is 1.75 bits per heavy atom. The van der Waals surface area contributed by atoms with Gasteiger partial charge in [-0.25, -0.2) is 0 Å². The summed E-state index contributed by atoms with van der Waals surface area (Å²) in [4.78, 5) is 0. The molecule has 0 fully saturated rings. The van der Waals surface area contributed by atoms with Gasteiger partial charge in [-0.3, -0.25) is 0 Å². The normalized spacial score (nSPS) is 7.75. The van der Waals surface area contributed by atoms with Crippen LogP contribution in [-0.4, -0.2) is 34.5 Å². The molecule has 0 saturated carbocycles. The molecule has 1 nitrogen and oxygen atoms in total. The molecule has 0 unspecified atom stereocenters. The Balaban J connectivity index is 1.97. The quantitative estimate of drug-likeness (QED) is 0.385. The molecule has 0 N–H and O–H groups in total. The van der Waals surface area contributed by atoms with E-state index in [4.69, 9.17) is 0 Å². The van der Waals surface area contributed by atoms with Crippen molar-refractivity contribution < 1.29 is 5.11 Å². The Kier molecular flexibility index (Phi) is 4.91. The third-order valence-electron chi connectivity index (χ3n) is 0.204. The van der Waals surface area contributed by atoms with Crippen LogP contribution in [0.3, 0.4) is 0 Å². The Morgan fingerprint density at radius 3 is 2.00 bits per heavy atom. The van der Waals surface area contributed by atoms with Gasteiger partial charge in [0.25, 0.3) is 0 Å². The first kappa shape index (κ1) is 4.96. The average molecular weight is 67.0 g/mol. The fraction of sp³-hybridized carbons (Fsp3) is 1.00. The van der Waals surface area contributed by atoms with Gasteiger partial charge in [0.2, 0.25) is 0 Å². The molecule has 0 aromatic carbocycles. The van der Waals surface area contributed by atoms with E-state index in [1.807, 2.05) is 0 Å². The molecule has 0 bridgehead atoms. The second-order valence-corrected chi connectivity index (χ2v) is 1.70. The molecule has 0 aromatic rings. The molecule has 0 saturated heterocycles. The van der Waals surface area contributed by atoms with Crippen molar-refractivity contribution in [2.45, 2.75) is 3.67 Å². The van der Waals surface area contributed by atoms with Crippen LogP contribution < -0.4 is 0 Å². The van der Waals surface area contributed by atoms with Crippen molar-refractivity contribution in [2.75, 3.05) is 6.61 Å². The van der Waals surface area contributed by atoms with Crippen molar-refractivity contribution in [2.24, 2.45) is 0 Å². The van der Waals surface area contributed by atoms with Gasteiger partial charge in [0.05, 0.1) is 0 Å². The van der Waals surface area contributed by atoms with Gasteiger partial charge in [0, 0.05) is 0 Å². The monoisotopic (exact) mass is 67.0 g/mol. The Bertz CT molecular complexity index is 8.00. The predicted octanol–water partition coefficient (Wildman–Crippen LogP) is 0.00370. The summed E-state index contributed by atoms with van der Waals surface area (Å²) in [7, 11) is 0. The molecule has 19 valence electrons. The van der Waals surface area contributed by atoms with Crippen LogP contribution in [0, 0.1) is 0 Å². The first-order valence-electron chi connectivity index (χ1n) is 1.50. The maximum absolute atomic E-state index is 9.33. The summed E-state index contributed by atoms with van der Waals surface area (Å²) >= 11 is 1.08. The summed E-state index contributed by atoms with van der Waals surface area (Å²) in [5, 5.41) is 9.33. The topological polar surface area (TPSA) is 19.9 Å². The van der Waals surface area contributed by atoms with Gasteiger partial charge >= 0.3 is 43.3 Å². The van der Waals surface area contributed by atoms with Crippen molar-refractivity contribution in [3.63, 3.8) is 0 Å². The maximum atomic E-state index is 9.33. The van der Waals surface area contributed by atoms with E-state index >= 15 is 0 Å². The summed E-state index contributed by atoms with van der Waals surface area (Å²) in [5.41, 5.74) is 0. The summed E-state index contributed by atoms with van der Waals surface area (Å²) in [6.45, 7) is 0.131. The molecule has 0 aliphatic carbocycles. The van der Waals surface area contributed by atoms with E-state index in [-0.39, 0.29) is 6.61 Å². The fourth-order valence-corrected chi connectivity index (χ4v) is 0. The Hall–Kier alpha value is 0.960. The molecule has 0 atom stereocenters. The molecule has 2 heteroatoms. The van der Waals surface area contributed by atoms with E-state index in [1.165, 1.54) is 0 Å². The van der Waals surface area contributed by atoms with Crippen molar-refractivity contribution in [1.82, 2.24) is 0 Å². The van der Waals surface area contributed by atoms with E-state index in [0.29, 0.717) is 0 Å². The van der Waals surface area contributed by atoms with Crippen molar-refractivity contribution in [1.29, 1.82) is 0 Å². The van der Waals surface area contributed by atoms with Gasteiger partial charge in [0.1, 0.15) is 0 Å². The molecule has 0 aliphatic rings. The van der Waals surface area contributed by atoms with Crippen LogP contribution in [0.5, 0.6) is 0 Å². The van der Waals surface area contributed by atoms with Gasteiger partial charge < -0.3 is 0 Å². The predicted molar refractivity (Wildman–Crippen MR) is 16.1 cm³/mol. The van der Waals surface area contributed by atoms with E-state index < -0.39 is 0 Å². The third kappa shape index (κ3) is 2.96. The van der Waals surface area contributed by atoms with Crippen molar-refractivity contribution in [3.8, 4) is 0 Å². The summed E-state index contributed by atoms with van der Waals surface area (Å²) in [6, 6.07) is 0. The van der Waals surface area contributed by atoms with Crippen LogP contribution in [0.25, 0.3) is 0 Å². The van der Waals surface area contributed by atoms with Gasteiger partial charge in [-0.1, -0.05) is 0 Å². The SMILES string of the molecule is [O]C[CH2][Na]. The zero-order chi connectivity index (χ0) is 3.41. The van der Waals surface area contributed by atoms with Crippen LogP contribution in [0.15, 0.2) is 0 Å². The molecular formula is C2H4NaO. The van der Waals surface area contributed by atoms with E-state index in [1.54, 1.807) is 0 Å². The van der Waals surface area contributed by atoms with E-state index in [9.17, 15) is 5.11 Å². The van der Waals surface area contributed by atoms with Gasteiger partial charge in [0.15, 0.2) is 0 Å². The number of hydrogen-bond donors (Lipinski definition) is 0. The first-order chi connectivity index (χ1) is 1.91. The van der Waals surface area contributed by atoms with Gasteiger partial charge in [-0.15, -0.1) is 0 Å². The zero-order valence-electron chi connectivity index (χ0n) is 2.82. The Morgan fingerprint density at radius 2 is 2.00 bits per heavy atom. The summed E-state index contributed by atoms with van der Waals surface area (Å²) in [5.74, 6) is 0. The molecular weight excluding hydrogens is 63.0 g/mol. The van der Waals surface area contributed by atoms with Crippen LogP contribution in [0.4, 0.5) is 0 Å². The number of rotatable bonds is 1. The molecule has 0 amide bonds. The summed E-state index contributed by atoms with van der Waals surface area (Å²) < 4.78 is 0.903. The molecule has 0 spiro atoms. The van der Waals surface area contributed by atoms with E-state index in [0.717, 1.165) is 31.6 Å². The van der Waals surface area contributed by atoms with Gasteiger partial charge in [-0.05, 0) is 0 Å². The second-order valence-electron chi connectivity index (χ2n) is 0.704. The molecule has 4 heavy (non-hydrogen) atoms. The van der Waals surface area contributed by atoms with Crippen LogP contribution in [0.1, 0.15) is 0 Å². The first-order valence-corrected chi connectivity index (χ1v) is 2.91. The molecule has 0 rings (SSSR count). The van der Waals surface area contributed by atoms with E-state index in [2.05, 4.69) is 0 Å². The van der Waals surface area contributed by atoms with Crippen LogP contribution in [-0.2, 0) is 5.11 Å². The zero-order valence-corrected chi connectivity index (χ0v) is 4.82. The minimum atomic E-state index is 0.131. The number of hydrogen-bond acceptors (Lipinski definition) is 0. The fourth-order valence-electron chi connectivity index (χ4n) is 0. The van der Waals surface area contributed by atoms with Crippen LogP contribution in [0.2, 0.25) is 3.67 Å². The van der Waals surface area contributed by atoms with Crippen molar-refractivity contribution >= 4 is 27.9 Å². The Labute approximate surface area is 43.4 Å². The molecule has 0 heterocycles. The summed E-state index contributed by atoms with van der Waals surface area (Å²) in [6.07, 6.45) is 0. The molecule has 0 aliphatic heterocycles. The third-order valence-corrected chi connectivity index (χ3v) is 0.612. The molecule has 0 aromatic heterocycles.